The van der Waals surface area contributed by atoms with Crippen LogP contribution in [0.5, 0.6) is 11.5 Å². The number of benzene rings is 1. The summed E-state index contributed by atoms with van der Waals surface area (Å²) in [6.07, 6.45) is 1.56. The lowest BCUT2D eigenvalue weighted by Crippen LogP contribution is -2.44. The highest BCUT2D eigenvalue weighted by Crippen LogP contribution is 2.36. The second-order valence-corrected chi connectivity index (χ2v) is 8.64. The monoisotopic (exact) mass is 380 g/mol. The van der Waals surface area contributed by atoms with Gasteiger partial charge in [0.05, 0.1) is 5.92 Å². The van der Waals surface area contributed by atoms with E-state index < -0.39 is 10.2 Å². The molecule has 0 saturated carbocycles. The van der Waals surface area contributed by atoms with Crippen LogP contribution in [0.4, 0.5) is 0 Å². The average molecular weight is 380 g/mol. The van der Waals surface area contributed by atoms with Crippen LogP contribution in [0.15, 0.2) is 22.6 Å². The summed E-state index contributed by atoms with van der Waals surface area (Å²) in [5.41, 5.74) is 0.738. The van der Waals surface area contributed by atoms with Crippen molar-refractivity contribution >= 4 is 10.2 Å². The fourth-order valence-corrected chi connectivity index (χ4v) is 4.32. The largest absolute Gasteiger partial charge is 0.454 e. The molecule has 1 aromatic carbocycles. The Morgan fingerprint density at radius 2 is 2.00 bits per heavy atom. The van der Waals surface area contributed by atoms with Crippen molar-refractivity contribution in [2.75, 3.05) is 34.0 Å². The minimum Gasteiger partial charge on any atom is -0.454 e. The van der Waals surface area contributed by atoms with Crippen molar-refractivity contribution in [1.82, 2.24) is 18.8 Å². The van der Waals surface area contributed by atoms with E-state index in [0.29, 0.717) is 36.4 Å². The molecule has 0 aliphatic carbocycles. The van der Waals surface area contributed by atoms with Crippen LogP contribution in [0.2, 0.25) is 0 Å². The van der Waals surface area contributed by atoms with Gasteiger partial charge in [0.1, 0.15) is 0 Å². The van der Waals surface area contributed by atoms with Gasteiger partial charge in [-0.05, 0) is 31.0 Å². The van der Waals surface area contributed by atoms with Crippen molar-refractivity contribution in [1.29, 1.82) is 0 Å². The van der Waals surface area contributed by atoms with Crippen molar-refractivity contribution in [2.24, 2.45) is 0 Å². The number of hydrogen-bond acceptors (Lipinski definition) is 7. The van der Waals surface area contributed by atoms with Gasteiger partial charge >= 0.3 is 0 Å². The van der Waals surface area contributed by atoms with E-state index >= 15 is 0 Å². The standard InChI is InChI=1S/C16H20N4O5S/c1-19(2)26(21,22)20-7-3-4-12(9-20)16-18-17-15(25-16)11-5-6-13-14(8-11)24-10-23-13/h5-6,8,12H,3-4,7,9-10H2,1-2H3/t12-/m0/s1. The zero-order valence-electron chi connectivity index (χ0n) is 14.6. The topological polar surface area (TPSA) is 98.0 Å². The van der Waals surface area contributed by atoms with E-state index in [1.807, 2.05) is 6.07 Å². The first kappa shape index (κ1) is 17.3. The minimum atomic E-state index is -3.45. The van der Waals surface area contributed by atoms with Crippen molar-refractivity contribution in [3.8, 4) is 23.0 Å². The zero-order valence-corrected chi connectivity index (χ0v) is 15.4. The van der Waals surface area contributed by atoms with Gasteiger partial charge in [-0.1, -0.05) is 0 Å². The molecule has 0 radical (unpaired) electrons. The third-order valence-corrected chi connectivity index (χ3v) is 6.49. The second-order valence-electron chi connectivity index (χ2n) is 6.50. The summed E-state index contributed by atoms with van der Waals surface area (Å²) in [6.45, 7) is 1.04. The lowest BCUT2D eigenvalue weighted by molar-refractivity contribution is 0.174. The number of fused-ring (bicyclic) bond motifs is 1. The van der Waals surface area contributed by atoms with Crippen LogP contribution in [0.1, 0.15) is 24.7 Å². The highest BCUT2D eigenvalue weighted by atomic mass is 32.2. The first-order valence-electron chi connectivity index (χ1n) is 8.36. The molecule has 1 atom stereocenters. The molecule has 2 aliphatic heterocycles. The Labute approximate surface area is 151 Å². The molecule has 0 bridgehead atoms. The smallest absolute Gasteiger partial charge is 0.281 e. The van der Waals surface area contributed by atoms with Gasteiger partial charge in [-0.15, -0.1) is 10.2 Å². The van der Waals surface area contributed by atoms with Gasteiger partial charge in [-0.3, -0.25) is 0 Å². The van der Waals surface area contributed by atoms with E-state index in [-0.39, 0.29) is 12.7 Å². The first-order valence-corrected chi connectivity index (χ1v) is 9.76. The number of piperidine rings is 1. The Morgan fingerprint density at radius 1 is 1.19 bits per heavy atom. The fraction of sp³-hybridized carbons (Fsp3) is 0.500. The molecule has 9 nitrogen and oxygen atoms in total. The quantitative estimate of drug-likeness (QED) is 0.792. The van der Waals surface area contributed by atoms with Crippen LogP contribution in [0.25, 0.3) is 11.5 Å². The molecule has 1 fully saturated rings. The average Bonchev–Trinajstić information content (AvgIpc) is 3.30. The summed E-state index contributed by atoms with van der Waals surface area (Å²) >= 11 is 0. The molecule has 0 amide bonds. The molecule has 0 unspecified atom stereocenters. The van der Waals surface area contributed by atoms with Gasteiger partial charge in [0.25, 0.3) is 10.2 Å². The van der Waals surface area contributed by atoms with Gasteiger partial charge in [0.15, 0.2) is 11.5 Å². The van der Waals surface area contributed by atoms with E-state index in [2.05, 4.69) is 10.2 Å². The number of nitrogens with zero attached hydrogens (tertiary/aromatic N) is 4. The molecule has 2 aromatic rings. The number of ether oxygens (including phenoxy) is 2. The molecule has 0 spiro atoms. The SMILES string of the molecule is CN(C)S(=O)(=O)N1CCC[C@H](c2nnc(-c3ccc4c(c3)OCO4)o2)C1. The summed E-state index contributed by atoms with van der Waals surface area (Å²) in [5, 5.41) is 8.27. The third-order valence-electron chi connectivity index (χ3n) is 4.58. The Balaban J connectivity index is 1.54. The van der Waals surface area contributed by atoms with Gasteiger partial charge in [-0.2, -0.15) is 17.0 Å². The van der Waals surface area contributed by atoms with Gasteiger partial charge in [0.2, 0.25) is 18.6 Å². The van der Waals surface area contributed by atoms with Gasteiger partial charge in [-0.25, -0.2) is 0 Å². The third kappa shape index (κ3) is 3.04. The molecule has 26 heavy (non-hydrogen) atoms. The Hall–Kier alpha value is -2.17. The molecule has 1 saturated heterocycles. The summed E-state index contributed by atoms with van der Waals surface area (Å²) < 4.78 is 43.9. The minimum absolute atomic E-state index is 0.117. The Kier molecular flexibility index (Phi) is 4.33. The molecule has 4 rings (SSSR count). The normalized spacial score (nSPS) is 20.7. The molecule has 10 heteroatoms. The van der Waals surface area contributed by atoms with E-state index in [1.165, 1.54) is 22.7 Å². The van der Waals surface area contributed by atoms with Crippen LogP contribution < -0.4 is 9.47 Å². The maximum Gasteiger partial charge on any atom is 0.281 e. The van der Waals surface area contributed by atoms with Crippen molar-refractivity contribution in [3.05, 3.63) is 24.1 Å². The van der Waals surface area contributed by atoms with Crippen LogP contribution in [-0.2, 0) is 10.2 Å². The van der Waals surface area contributed by atoms with Crippen molar-refractivity contribution < 1.29 is 22.3 Å². The lowest BCUT2D eigenvalue weighted by Gasteiger charge is -2.31. The first-order chi connectivity index (χ1) is 12.4. The fourth-order valence-electron chi connectivity index (χ4n) is 3.13. The molecule has 1 aromatic heterocycles. The lowest BCUT2D eigenvalue weighted by atomic mass is 10.00. The van der Waals surface area contributed by atoms with E-state index in [9.17, 15) is 8.42 Å². The summed E-state index contributed by atoms with van der Waals surface area (Å²) in [6, 6.07) is 5.42. The van der Waals surface area contributed by atoms with Gasteiger partial charge < -0.3 is 13.9 Å². The molecule has 3 heterocycles. The highest BCUT2D eigenvalue weighted by molar-refractivity contribution is 7.86. The van der Waals surface area contributed by atoms with E-state index in [4.69, 9.17) is 13.9 Å². The summed E-state index contributed by atoms with van der Waals surface area (Å²) in [4.78, 5) is 0. The second kappa shape index (κ2) is 6.53. The van der Waals surface area contributed by atoms with Crippen LogP contribution in [0.3, 0.4) is 0 Å². The predicted molar refractivity (Wildman–Crippen MR) is 92.0 cm³/mol. The van der Waals surface area contributed by atoms with Crippen molar-refractivity contribution in [2.45, 2.75) is 18.8 Å². The Bertz CT molecular complexity index is 911. The van der Waals surface area contributed by atoms with Gasteiger partial charge in [0, 0.05) is 32.7 Å². The van der Waals surface area contributed by atoms with E-state index in [1.54, 1.807) is 12.1 Å². The summed E-state index contributed by atoms with van der Waals surface area (Å²) in [5.74, 6) is 2.05. The van der Waals surface area contributed by atoms with Crippen LogP contribution in [0, 0.1) is 0 Å². The van der Waals surface area contributed by atoms with Crippen LogP contribution >= 0.6 is 0 Å². The predicted octanol–water partition coefficient (Wildman–Crippen LogP) is 1.45. The molecular weight excluding hydrogens is 360 g/mol. The molecule has 140 valence electrons. The molecule has 2 aliphatic rings. The van der Waals surface area contributed by atoms with E-state index in [0.717, 1.165) is 18.4 Å². The summed E-state index contributed by atoms with van der Waals surface area (Å²) in [7, 11) is -0.384. The number of rotatable bonds is 4. The Morgan fingerprint density at radius 3 is 2.81 bits per heavy atom. The molecular formula is C16H20N4O5S. The highest BCUT2D eigenvalue weighted by Gasteiger charge is 2.33. The maximum absolute atomic E-state index is 12.4. The van der Waals surface area contributed by atoms with Crippen molar-refractivity contribution in [3.63, 3.8) is 0 Å². The number of hydrogen-bond donors (Lipinski definition) is 0. The molecule has 0 N–H and O–H groups in total. The zero-order chi connectivity index (χ0) is 18.3. The number of aromatic nitrogens is 2. The maximum atomic E-state index is 12.4. The van der Waals surface area contributed by atoms with Crippen LogP contribution in [-0.4, -0.2) is 61.2 Å².